The molecule has 4 nitrogen and oxygen atoms in total. The van der Waals surface area contributed by atoms with Crippen LogP contribution < -0.4 is 4.90 Å². The summed E-state index contributed by atoms with van der Waals surface area (Å²) in [7, 11) is 0. The molecule has 5 rings (SSSR count). The fourth-order valence-corrected chi connectivity index (χ4v) is 4.21. The fourth-order valence-electron chi connectivity index (χ4n) is 4.21. The summed E-state index contributed by atoms with van der Waals surface area (Å²) in [5.41, 5.74) is 5.79. The molecule has 0 bridgehead atoms. The standard InChI is InChI=1S/C26H22FN3O/c1-16(2)17-8-10-19(11-9-17)25-22-23(18-12-14-20(27)15-13-18)28-29-24(22)26(31)30(25)21-6-4-3-5-7-21/h3-16,25H,1-2H3,(H,28,29)/t25-/m0/s1. The Balaban J connectivity index is 1.69. The number of aromatic amines is 1. The molecule has 0 saturated carbocycles. The Morgan fingerprint density at radius 2 is 1.61 bits per heavy atom. The molecular weight excluding hydrogens is 389 g/mol. The van der Waals surface area contributed by atoms with Gasteiger partial charge in [-0.1, -0.05) is 56.3 Å². The maximum atomic E-state index is 13.5. The zero-order chi connectivity index (χ0) is 21.5. The molecule has 0 radical (unpaired) electrons. The minimum atomic E-state index is -0.329. The first-order chi connectivity index (χ1) is 15.0. The lowest BCUT2D eigenvalue weighted by atomic mass is 9.93. The fraction of sp³-hybridized carbons (Fsp3) is 0.154. The molecule has 0 aliphatic carbocycles. The number of H-pyrrole nitrogens is 1. The van der Waals surface area contributed by atoms with Gasteiger partial charge in [0.15, 0.2) is 0 Å². The predicted molar refractivity (Wildman–Crippen MR) is 120 cm³/mol. The number of amides is 1. The third-order valence-electron chi connectivity index (χ3n) is 5.84. The predicted octanol–water partition coefficient (Wildman–Crippen LogP) is 6.09. The van der Waals surface area contributed by atoms with E-state index in [2.05, 4.69) is 48.3 Å². The summed E-state index contributed by atoms with van der Waals surface area (Å²) < 4.78 is 13.5. The normalized spacial score (nSPS) is 15.5. The van der Waals surface area contributed by atoms with Gasteiger partial charge in [0.05, 0.1) is 11.7 Å². The number of nitrogens with one attached hydrogen (secondary N) is 1. The summed E-state index contributed by atoms with van der Waals surface area (Å²) in [4.78, 5) is 15.3. The van der Waals surface area contributed by atoms with Gasteiger partial charge < -0.3 is 0 Å². The Morgan fingerprint density at radius 3 is 2.26 bits per heavy atom. The smallest absolute Gasteiger partial charge is 0.277 e. The van der Waals surface area contributed by atoms with Gasteiger partial charge in [-0.25, -0.2) is 4.39 Å². The molecule has 0 fully saturated rings. The quantitative estimate of drug-likeness (QED) is 0.442. The minimum absolute atomic E-state index is 0.125. The number of rotatable bonds is 4. The number of nitrogens with zero attached hydrogens (tertiary/aromatic N) is 2. The third-order valence-corrected chi connectivity index (χ3v) is 5.84. The first kappa shape index (κ1) is 19.2. The zero-order valence-corrected chi connectivity index (χ0v) is 17.3. The number of carbonyl (C=O) groups excluding carboxylic acids is 1. The average molecular weight is 411 g/mol. The molecule has 1 aromatic heterocycles. The highest BCUT2D eigenvalue weighted by molar-refractivity contribution is 6.11. The van der Waals surface area contributed by atoms with Gasteiger partial charge >= 0.3 is 0 Å². The van der Waals surface area contributed by atoms with Crippen LogP contribution in [-0.4, -0.2) is 16.1 Å². The molecule has 0 saturated heterocycles. The lowest BCUT2D eigenvalue weighted by Gasteiger charge is -2.26. The maximum Gasteiger partial charge on any atom is 0.277 e. The molecule has 1 N–H and O–H groups in total. The number of carbonyl (C=O) groups is 1. The highest BCUT2D eigenvalue weighted by Gasteiger charge is 2.43. The van der Waals surface area contributed by atoms with Gasteiger partial charge in [0.2, 0.25) is 0 Å². The Hall–Kier alpha value is -3.73. The summed E-state index contributed by atoms with van der Waals surface area (Å²) in [6, 6.07) is 23.9. The van der Waals surface area contributed by atoms with Crippen molar-refractivity contribution in [1.29, 1.82) is 0 Å². The molecule has 0 unspecified atom stereocenters. The number of fused-ring (bicyclic) bond motifs is 1. The minimum Gasteiger partial charge on any atom is -0.295 e. The molecule has 1 amide bonds. The third kappa shape index (κ3) is 3.22. The Morgan fingerprint density at radius 1 is 0.935 bits per heavy atom. The van der Waals surface area contributed by atoms with Gasteiger partial charge in [-0.05, 0) is 53.4 Å². The number of para-hydroxylation sites is 1. The van der Waals surface area contributed by atoms with E-state index in [4.69, 9.17) is 0 Å². The lowest BCUT2D eigenvalue weighted by Crippen LogP contribution is -2.29. The molecule has 1 aliphatic rings. The summed E-state index contributed by atoms with van der Waals surface area (Å²) in [5.74, 6) is -0.0116. The van der Waals surface area contributed by atoms with Gasteiger partial charge in [-0.2, -0.15) is 5.10 Å². The van der Waals surface area contributed by atoms with E-state index in [-0.39, 0.29) is 17.8 Å². The molecule has 3 aromatic carbocycles. The molecule has 5 heteroatoms. The molecule has 1 atom stereocenters. The first-order valence-electron chi connectivity index (χ1n) is 10.4. The van der Waals surface area contributed by atoms with Crippen LogP contribution >= 0.6 is 0 Å². The van der Waals surface area contributed by atoms with Crippen LogP contribution in [0.2, 0.25) is 0 Å². The van der Waals surface area contributed by atoms with E-state index in [1.807, 2.05) is 30.3 Å². The summed E-state index contributed by atoms with van der Waals surface area (Å²) >= 11 is 0. The molecule has 31 heavy (non-hydrogen) atoms. The van der Waals surface area contributed by atoms with E-state index >= 15 is 0 Å². The SMILES string of the molecule is CC(C)c1ccc([C@H]2c3c(-c4ccc(F)cc4)n[nH]c3C(=O)N2c2ccccc2)cc1. The van der Waals surface area contributed by atoms with Crippen molar-refractivity contribution in [2.24, 2.45) is 0 Å². The van der Waals surface area contributed by atoms with Gasteiger partial charge in [-0.15, -0.1) is 0 Å². The molecule has 2 heterocycles. The van der Waals surface area contributed by atoms with Crippen LogP contribution in [0.3, 0.4) is 0 Å². The monoisotopic (exact) mass is 411 g/mol. The Labute approximate surface area is 180 Å². The van der Waals surface area contributed by atoms with Gasteiger partial charge in [-0.3, -0.25) is 14.8 Å². The number of hydrogen-bond acceptors (Lipinski definition) is 2. The first-order valence-corrected chi connectivity index (χ1v) is 10.4. The summed E-state index contributed by atoms with van der Waals surface area (Å²) in [6.07, 6.45) is 0. The van der Waals surface area contributed by atoms with Crippen LogP contribution in [0, 0.1) is 5.82 Å². The molecular formula is C26H22FN3O. The van der Waals surface area contributed by atoms with Crippen molar-refractivity contribution in [2.45, 2.75) is 25.8 Å². The van der Waals surface area contributed by atoms with E-state index in [1.165, 1.54) is 17.7 Å². The van der Waals surface area contributed by atoms with Crippen molar-refractivity contribution >= 4 is 11.6 Å². The summed E-state index contributed by atoms with van der Waals surface area (Å²) in [6.45, 7) is 4.32. The van der Waals surface area contributed by atoms with E-state index < -0.39 is 0 Å². The van der Waals surface area contributed by atoms with Crippen molar-refractivity contribution in [3.8, 4) is 11.3 Å². The Bertz CT molecular complexity index is 1230. The molecule has 1 aliphatic heterocycles. The maximum absolute atomic E-state index is 13.5. The zero-order valence-electron chi connectivity index (χ0n) is 17.3. The van der Waals surface area contributed by atoms with E-state index in [9.17, 15) is 9.18 Å². The van der Waals surface area contributed by atoms with Crippen LogP contribution in [0.5, 0.6) is 0 Å². The van der Waals surface area contributed by atoms with Crippen molar-refractivity contribution in [1.82, 2.24) is 10.2 Å². The van der Waals surface area contributed by atoms with Crippen molar-refractivity contribution < 1.29 is 9.18 Å². The average Bonchev–Trinajstić information content (AvgIpc) is 3.34. The topological polar surface area (TPSA) is 49.0 Å². The molecule has 154 valence electrons. The van der Waals surface area contributed by atoms with Crippen LogP contribution in [0.4, 0.5) is 10.1 Å². The largest absolute Gasteiger partial charge is 0.295 e. The Kier molecular flexibility index (Phi) is 4.66. The van der Waals surface area contributed by atoms with Gasteiger partial charge in [0, 0.05) is 16.8 Å². The lowest BCUT2D eigenvalue weighted by molar-refractivity contribution is 0.0989. The van der Waals surface area contributed by atoms with E-state index in [0.717, 1.165) is 22.4 Å². The highest BCUT2D eigenvalue weighted by atomic mass is 19.1. The second-order valence-corrected chi connectivity index (χ2v) is 8.10. The number of anilines is 1. The van der Waals surface area contributed by atoms with E-state index in [1.54, 1.807) is 17.0 Å². The van der Waals surface area contributed by atoms with Crippen LogP contribution in [-0.2, 0) is 0 Å². The van der Waals surface area contributed by atoms with Crippen molar-refractivity contribution in [3.05, 3.63) is 107 Å². The number of aromatic nitrogens is 2. The molecule has 0 spiro atoms. The van der Waals surface area contributed by atoms with Gasteiger partial charge in [0.1, 0.15) is 11.5 Å². The number of halogens is 1. The molecule has 4 aromatic rings. The second kappa shape index (κ2) is 7.51. The van der Waals surface area contributed by atoms with E-state index in [0.29, 0.717) is 17.3 Å². The van der Waals surface area contributed by atoms with Crippen LogP contribution in [0.25, 0.3) is 11.3 Å². The van der Waals surface area contributed by atoms with Crippen molar-refractivity contribution in [2.75, 3.05) is 4.90 Å². The van der Waals surface area contributed by atoms with Gasteiger partial charge in [0.25, 0.3) is 5.91 Å². The van der Waals surface area contributed by atoms with Crippen molar-refractivity contribution in [3.63, 3.8) is 0 Å². The second-order valence-electron chi connectivity index (χ2n) is 8.10. The summed E-state index contributed by atoms with van der Waals surface area (Å²) in [5, 5.41) is 7.39. The number of hydrogen-bond donors (Lipinski definition) is 1. The van der Waals surface area contributed by atoms with Crippen LogP contribution in [0.1, 0.15) is 53.0 Å². The van der Waals surface area contributed by atoms with Crippen LogP contribution in [0.15, 0.2) is 78.9 Å². The highest BCUT2D eigenvalue weighted by Crippen LogP contribution is 2.45. The number of benzene rings is 3.